The number of carbonyl (C=O) groups excluding carboxylic acids is 1. The van der Waals surface area contributed by atoms with Gasteiger partial charge in [-0.05, 0) is 18.9 Å². The minimum absolute atomic E-state index is 0.00410. The number of sulfone groups is 1. The fraction of sp³-hybridized carbons (Fsp3) is 0.462. The maximum absolute atomic E-state index is 11.8. The summed E-state index contributed by atoms with van der Waals surface area (Å²) in [5.41, 5.74) is 0.703. The normalized spacial score (nSPS) is 13.0. The van der Waals surface area contributed by atoms with Gasteiger partial charge in [-0.15, -0.1) is 0 Å². The molecule has 1 aromatic rings. The maximum Gasteiger partial charge on any atom is 0.235 e. The first kappa shape index (κ1) is 14.7. The van der Waals surface area contributed by atoms with Crippen molar-refractivity contribution in [3.05, 3.63) is 35.9 Å². The summed E-state index contributed by atoms with van der Waals surface area (Å²) in [6.07, 6.45) is 0.782. The van der Waals surface area contributed by atoms with Crippen molar-refractivity contribution < 1.29 is 13.2 Å². The molecule has 100 valence electrons. The van der Waals surface area contributed by atoms with Crippen LogP contribution in [0.5, 0.6) is 0 Å². The van der Waals surface area contributed by atoms with Gasteiger partial charge in [0, 0.05) is 6.04 Å². The van der Waals surface area contributed by atoms with Crippen molar-refractivity contribution in [1.29, 1.82) is 0 Å². The molecule has 0 unspecified atom stereocenters. The van der Waals surface area contributed by atoms with Gasteiger partial charge in [-0.1, -0.05) is 37.3 Å². The predicted octanol–water partition coefficient (Wildman–Crippen LogP) is 1.52. The fourth-order valence-corrected chi connectivity index (χ4v) is 2.78. The van der Waals surface area contributed by atoms with Crippen molar-refractivity contribution in [2.75, 3.05) is 5.75 Å². The first-order chi connectivity index (χ1) is 8.43. The Morgan fingerprint density at radius 3 is 2.44 bits per heavy atom. The Morgan fingerprint density at radius 2 is 1.89 bits per heavy atom. The second-order valence-corrected chi connectivity index (χ2v) is 6.46. The van der Waals surface area contributed by atoms with Crippen molar-refractivity contribution in [2.24, 2.45) is 0 Å². The topological polar surface area (TPSA) is 63.2 Å². The number of nitrogens with one attached hydrogen (secondary N) is 1. The molecule has 0 aliphatic rings. The van der Waals surface area contributed by atoms with E-state index in [0.717, 1.165) is 6.42 Å². The summed E-state index contributed by atoms with van der Waals surface area (Å²) in [5, 5.41) is 2.65. The third-order valence-corrected chi connectivity index (χ3v) is 4.08. The first-order valence-corrected chi connectivity index (χ1v) is 7.79. The van der Waals surface area contributed by atoms with E-state index in [9.17, 15) is 13.2 Å². The van der Waals surface area contributed by atoms with E-state index in [1.54, 1.807) is 24.3 Å². The number of amides is 1. The zero-order valence-corrected chi connectivity index (χ0v) is 11.5. The van der Waals surface area contributed by atoms with Crippen molar-refractivity contribution >= 4 is 15.7 Å². The lowest BCUT2D eigenvalue weighted by Gasteiger charge is -2.11. The third-order valence-electron chi connectivity index (χ3n) is 2.60. The molecule has 1 atom stereocenters. The van der Waals surface area contributed by atoms with E-state index in [4.69, 9.17) is 0 Å². The maximum atomic E-state index is 11.8. The summed E-state index contributed by atoms with van der Waals surface area (Å²) in [7, 11) is -3.40. The SMILES string of the molecule is CC[C@H](C)NC(=O)CS(=O)(=O)Cc1ccccc1. The molecule has 4 nitrogen and oxygen atoms in total. The molecular weight excluding hydrogens is 250 g/mol. The van der Waals surface area contributed by atoms with Gasteiger partial charge < -0.3 is 5.32 Å². The molecule has 0 fully saturated rings. The molecule has 0 heterocycles. The molecule has 1 N–H and O–H groups in total. The van der Waals surface area contributed by atoms with Gasteiger partial charge in [-0.3, -0.25) is 4.79 Å². The molecule has 18 heavy (non-hydrogen) atoms. The lowest BCUT2D eigenvalue weighted by Crippen LogP contribution is -2.36. The van der Waals surface area contributed by atoms with Crippen LogP contribution >= 0.6 is 0 Å². The molecule has 5 heteroatoms. The van der Waals surface area contributed by atoms with E-state index in [-0.39, 0.29) is 11.8 Å². The Morgan fingerprint density at radius 1 is 1.28 bits per heavy atom. The highest BCUT2D eigenvalue weighted by atomic mass is 32.2. The van der Waals surface area contributed by atoms with Crippen LogP contribution in [0.2, 0.25) is 0 Å². The summed E-state index contributed by atoms with van der Waals surface area (Å²) in [6.45, 7) is 3.78. The molecule has 0 radical (unpaired) electrons. The van der Waals surface area contributed by atoms with Crippen LogP contribution in [0.4, 0.5) is 0 Å². The zero-order chi connectivity index (χ0) is 13.6. The second kappa shape index (κ2) is 6.54. The van der Waals surface area contributed by atoms with Crippen molar-refractivity contribution in [3.8, 4) is 0 Å². The van der Waals surface area contributed by atoms with Gasteiger partial charge in [0.1, 0.15) is 5.75 Å². The predicted molar refractivity (Wildman–Crippen MR) is 71.8 cm³/mol. The minimum atomic E-state index is -3.40. The molecule has 0 aliphatic carbocycles. The van der Waals surface area contributed by atoms with E-state index in [1.807, 2.05) is 19.9 Å². The van der Waals surface area contributed by atoms with Crippen LogP contribution in [-0.4, -0.2) is 26.1 Å². The monoisotopic (exact) mass is 269 g/mol. The Balaban J connectivity index is 2.58. The molecule has 1 rings (SSSR count). The summed E-state index contributed by atoms with van der Waals surface area (Å²) in [6, 6.07) is 8.87. The standard InChI is InChI=1S/C13H19NO3S/c1-3-11(2)14-13(15)10-18(16,17)9-12-7-5-4-6-8-12/h4-8,11H,3,9-10H2,1-2H3,(H,14,15)/t11-/m0/s1. The van der Waals surface area contributed by atoms with E-state index in [2.05, 4.69) is 5.32 Å². The van der Waals surface area contributed by atoms with Gasteiger partial charge in [0.2, 0.25) is 5.91 Å². The molecule has 0 aromatic heterocycles. The Hall–Kier alpha value is -1.36. The van der Waals surface area contributed by atoms with Crippen LogP contribution in [-0.2, 0) is 20.4 Å². The van der Waals surface area contributed by atoms with Crippen molar-refractivity contribution in [2.45, 2.75) is 32.1 Å². The van der Waals surface area contributed by atoms with Gasteiger partial charge in [0.15, 0.2) is 9.84 Å². The van der Waals surface area contributed by atoms with Crippen LogP contribution in [0.25, 0.3) is 0 Å². The molecule has 0 saturated heterocycles. The van der Waals surface area contributed by atoms with Gasteiger partial charge in [-0.2, -0.15) is 0 Å². The lowest BCUT2D eigenvalue weighted by atomic mass is 10.2. The van der Waals surface area contributed by atoms with Crippen molar-refractivity contribution in [3.63, 3.8) is 0 Å². The van der Waals surface area contributed by atoms with Gasteiger partial charge >= 0.3 is 0 Å². The number of hydrogen-bond acceptors (Lipinski definition) is 3. The quantitative estimate of drug-likeness (QED) is 0.851. The third kappa shape index (κ3) is 5.31. The minimum Gasteiger partial charge on any atom is -0.353 e. The average Bonchev–Trinajstić information content (AvgIpc) is 2.28. The first-order valence-electron chi connectivity index (χ1n) is 5.96. The number of benzene rings is 1. The van der Waals surface area contributed by atoms with Crippen LogP contribution in [0, 0.1) is 0 Å². The van der Waals surface area contributed by atoms with Gasteiger partial charge in [0.05, 0.1) is 5.75 Å². The second-order valence-electron chi connectivity index (χ2n) is 4.39. The summed E-state index contributed by atoms with van der Waals surface area (Å²) < 4.78 is 23.6. The molecule has 1 amide bonds. The highest BCUT2D eigenvalue weighted by Gasteiger charge is 2.18. The number of carbonyl (C=O) groups is 1. The molecule has 0 saturated carbocycles. The van der Waals surface area contributed by atoms with Gasteiger partial charge in [-0.25, -0.2) is 8.42 Å². The Bertz CT molecular complexity index is 482. The molecule has 0 aliphatic heterocycles. The lowest BCUT2D eigenvalue weighted by molar-refractivity contribution is -0.119. The molecule has 0 bridgehead atoms. The van der Waals surface area contributed by atoms with E-state index < -0.39 is 21.5 Å². The van der Waals surface area contributed by atoms with E-state index >= 15 is 0 Å². The summed E-state index contributed by atoms with van der Waals surface area (Å²) >= 11 is 0. The number of hydrogen-bond donors (Lipinski definition) is 1. The highest BCUT2D eigenvalue weighted by molar-refractivity contribution is 7.91. The fourth-order valence-electron chi connectivity index (χ4n) is 1.50. The van der Waals surface area contributed by atoms with Gasteiger partial charge in [0.25, 0.3) is 0 Å². The van der Waals surface area contributed by atoms with Crippen LogP contribution in [0.1, 0.15) is 25.8 Å². The smallest absolute Gasteiger partial charge is 0.235 e. The Kier molecular flexibility index (Phi) is 5.34. The van der Waals surface area contributed by atoms with Crippen molar-refractivity contribution in [1.82, 2.24) is 5.32 Å². The van der Waals surface area contributed by atoms with E-state index in [0.29, 0.717) is 5.56 Å². The molecular formula is C13H19NO3S. The van der Waals surface area contributed by atoms with Crippen LogP contribution in [0.3, 0.4) is 0 Å². The zero-order valence-electron chi connectivity index (χ0n) is 10.7. The van der Waals surface area contributed by atoms with Crippen LogP contribution < -0.4 is 5.32 Å². The largest absolute Gasteiger partial charge is 0.353 e. The summed E-state index contributed by atoms with van der Waals surface area (Å²) in [4.78, 5) is 11.5. The van der Waals surface area contributed by atoms with E-state index in [1.165, 1.54) is 0 Å². The Labute approximate surface area is 108 Å². The molecule has 1 aromatic carbocycles. The average molecular weight is 269 g/mol. The number of rotatable bonds is 6. The summed E-state index contributed by atoms with van der Waals surface area (Å²) in [5.74, 6) is -0.978. The highest BCUT2D eigenvalue weighted by Crippen LogP contribution is 2.06. The van der Waals surface area contributed by atoms with Crippen LogP contribution in [0.15, 0.2) is 30.3 Å². The molecule has 0 spiro atoms.